The molecule has 0 aliphatic carbocycles. The van der Waals surface area contributed by atoms with E-state index >= 15 is 0 Å². The molecule has 0 unspecified atom stereocenters. The summed E-state index contributed by atoms with van der Waals surface area (Å²) in [6, 6.07) is 3.66. The highest BCUT2D eigenvalue weighted by molar-refractivity contribution is 7.89. The molecule has 1 aromatic rings. The third-order valence-corrected chi connectivity index (χ3v) is 3.84. The molecule has 0 amide bonds. The normalized spacial score (nSPS) is 12.4. The minimum absolute atomic E-state index is 0.0830. The maximum atomic E-state index is 11.3. The van der Waals surface area contributed by atoms with E-state index in [1.807, 2.05) is 19.1 Å². The lowest BCUT2D eigenvalue weighted by Crippen LogP contribution is -2.41. The second kappa shape index (κ2) is 8.60. The van der Waals surface area contributed by atoms with E-state index in [0.717, 1.165) is 12.3 Å². The first kappa shape index (κ1) is 16.5. The van der Waals surface area contributed by atoms with Crippen molar-refractivity contribution in [2.24, 2.45) is 4.99 Å². The van der Waals surface area contributed by atoms with Gasteiger partial charge in [0.25, 0.3) is 0 Å². The molecule has 0 radical (unpaired) electrons. The summed E-state index contributed by atoms with van der Waals surface area (Å²) in [6.45, 7) is 5.51. The van der Waals surface area contributed by atoms with Crippen molar-refractivity contribution in [1.82, 2.24) is 15.4 Å². The van der Waals surface area contributed by atoms with Gasteiger partial charge in [0.2, 0.25) is 10.0 Å². The van der Waals surface area contributed by atoms with Crippen LogP contribution in [0.3, 0.4) is 0 Å². The van der Waals surface area contributed by atoms with Gasteiger partial charge >= 0.3 is 0 Å². The highest BCUT2D eigenvalue weighted by Crippen LogP contribution is 2.00. The summed E-state index contributed by atoms with van der Waals surface area (Å²) >= 11 is 0. The van der Waals surface area contributed by atoms with E-state index < -0.39 is 10.0 Å². The SMILES string of the molecule is CCNC(=NCc1ccco1)NCCNS(=O)(=O)CC. The Bertz CT molecular complexity index is 497. The molecule has 114 valence electrons. The zero-order valence-electron chi connectivity index (χ0n) is 11.8. The van der Waals surface area contributed by atoms with Gasteiger partial charge in [-0.15, -0.1) is 0 Å². The first-order valence-corrected chi connectivity index (χ1v) is 8.24. The summed E-state index contributed by atoms with van der Waals surface area (Å²) in [7, 11) is -3.14. The molecule has 1 aromatic heterocycles. The summed E-state index contributed by atoms with van der Waals surface area (Å²) < 4.78 is 30.2. The average molecular weight is 302 g/mol. The number of hydrogen-bond donors (Lipinski definition) is 3. The van der Waals surface area contributed by atoms with Gasteiger partial charge in [0, 0.05) is 19.6 Å². The molecular formula is C12H22N4O3S. The van der Waals surface area contributed by atoms with E-state index in [1.165, 1.54) is 0 Å². The van der Waals surface area contributed by atoms with Gasteiger partial charge in [-0.05, 0) is 26.0 Å². The molecule has 0 atom stereocenters. The zero-order chi connectivity index (χ0) is 14.8. The number of aliphatic imine (C=N–C) groups is 1. The molecule has 8 heteroatoms. The number of nitrogens with one attached hydrogen (secondary N) is 3. The highest BCUT2D eigenvalue weighted by atomic mass is 32.2. The van der Waals surface area contributed by atoms with Gasteiger partial charge in [0.1, 0.15) is 12.3 Å². The van der Waals surface area contributed by atoms with E-state index in [-0.39, 0.29) is 5.75 Å². The van der Waals surface area contributed by atoms with Crippen LogP contribution in [0.5, 0.6) is 0 Å². The largest absolute Gasteiger partial charge is 0.467 e. The van der Waals surface area contributed by atoms with Crippen molar-refractivity contribution in [2.75, 3.05) is 25.4 Å². The second-order valence-corrected chi connectivity index (χ2v) is 6.09. The van der Waals surface area contributed by atoms with E-state index in [2.05, 4.69) is 20.3 Å². The highest BCUT2D eigenvalue weighted by Gasteiger charge is 2.05. The van der Waals surface area contributed by atoms with E-state index in [9.17, 15) is 8.42 Å². The molecule has 0 aliphatic rings. The average Bonchev–Trinajstić information content (AvgIpc) is 2.94. The van der Waals surface area contributed by atoms with Crippen LogP contribution < -0.4 is 15.4 Å². The van der Waals surface area contributed by atoms with Crippen molar-refractivity contribution in [3.8, 4) is 0 Å². The first-order valence-electron chi connectivity index (χ1n) is 6.59. The second-order valence-electron chi connectivity index (χ2n) is 4.00. The fourth-order valence-corrected chi connectivity index (χ4v) is 2.01. The van der Waals surface area contributed by atoms with Gasteiger partial charge in [0.15, 0.2) is 5.96 Å². The number of guanidine groups is 1. The summed E-state index contributed by atoms with van der Waals surface area (Å²) in [4.78, 5) is 4.33. The Morgan fingerprint density at radius 2 is 2.10 bits per heavy atom. The Hall–Kier alpha value is -1.54. The smallest absolute Gasteiger partial charge is 0.211 e. The number of furan rings is 1. The van der Waals surface area contributed by atoms with E-state index in [0.29, 0.717) is 25.6 Å². The Morgan fingerprint density at radius 3 is 2.70 bits per heavy atom. The molecule has 3 N–H and O–H groups in total. The Labute approximate surface area is 119 Å². The van der Waals surface area contributed by atoms with Crippen LogP contribution in [-0.2, 0) is 16.6 Å². The number of sulfonamides is 1. The summed E-state index contributed by atoms with van der Waals surface area (Å²) in [5.41, 5.74) is 0. The predicted molar refractivity (Wildman–Crippen MR) is 79.0 cm³/mol. The third kappa shape index (κ3) is 6.58. The minimum Gasteiger partial charge on any atom is -0.467 e. The molecule has 0 fully saturated rings. The topological polar surface area (TPSA) is 95.7 Å². The lowest BCUT2D eigenvalue weighted by atomic mass is 10.4. The van der Waals surface area contributed by atoms with Gasteiger partial charge in [-0.2, -0.15) is 0 Å². The molecule has 1 heterocycles. The monoisotopic (exact) mass is 302 g/mol. The van der Waals surface area contributed by atoms with Crippen LogP contribution in [0.15, 0.2) is 27.8 Å². The van der Waals surface area contributed by atoms with Crippen LogP contribution in [0, 0.1) is 0 Å². The molecule has 0 saturated heterocycles. The molecule has 0 aromatic carbocycles. The molecule has 0 bridgehead atoms. The summed E-state index contributed by atoms with van der Waals surface area (Å²) in [5.74, 6) is 1.48. The molecule has 0 aliphatic heterocycles. The van der Waals surface area contributed by atoms with Crippen molar-refractivity contribution in [3.63, 3.8) is 0 Å². The zero-order valence-corrected chi connectivity index (χ0v) is 12.7. The lowest BCUT2D eigenvalue weighted by Gasteiger charge is -2.11. The van der Waals surface area contributed by atoms with Gasteiger partial charge in [0.05, 0.1) is 12.0 Å². The molecule has 0 saturated carbocycles. The number of hydrogen-bond acceptors (Lipinski definition) is 4. The van der Waals surface area contributed by atoms with Crippen LogP contribution in [0.25, 0.3) is 0 Å². The van der Waals surface area contributed by atoms with E-state index in [1.54, 1.807) is 13.2 Å². The van der Waals surface area contributed by atoms with Crippen LogP contribution in [-0.4, -0.2) is 39.8 Å². The van der Waals surface area contributed by atoms with Crippen LogP contribution >= 0.6 is 0 Å². The van der Waals surface area contributed by atoms with Crippen LogP contribution in [0.1, 0.15) is 19.6 Å². The molecule has 1 rings (SSSR count). The van der Waals surface area contributed by atoms with Crippen molar-refractivity contribution in [3.05, 3.63) is 24.2 Å². The minimum atomic E-state index is -3.14. The molecule has 0 spiro atoms. The Morgan fingerprint density at radius 1 is 1.30 bits per heavy atom. The van der Waals surface area contributed by atoms with Crippen molar-refractivity contribution in [1.29, 1.82) is 0 Å². The Balaban J connectivity index is 2.37. The van der Waals surface area contributed by atoms with Gasteiger partial charge in [-0.25, -0.2) is 18.1 Å². The third-order valence-electron chi connectivity index (χ3n) is 2.44. The van der Waals surface area contributed by atoms with Crippen molar-refractivity contribution >= 4 is 16.0 Å². The fourth-order valence-electron chi connectivity index (χ4n) is 1.39. The van der Waals surface area contributed by atoms with Gasteiger partial charge in [-0.3, -0.25) is 0 Å². The molecule has 7 nitrogen and oxygen atoms in total. The quantitative estimate of drug-likeness (QED) is 0.364. The number of nitrogens with zero attached hydrogens (tertiary/aromatic N) is 1. The first-order chi connectivity index (χ1) is 9.57. The summed E-state index contributed by atoms with van der Waals surface area (Å²) in [6.07, 6.45) is 1.60. The van der Waals surface area contributed by atoms with E-state index in [4.69, 9.17) is 4.42 Å². The fraction of sp³-hybridized carbons (Fsp3) is 0.583. The Kier molecular flexibility index (Phi) is 7.10. The lowest BCUT2D eigenvalue weighted by molar-refractivity contribution is 0.512. The van der Waals surface area contributed by atoms with Crippen LogP contribution in [0.2, 0.25) is 0 Å². The number of rotatable bonds is 8. The predicted octanol–water partition coefficient (Wildman–Crippen LogP) is 0.274. The van der Waals surface area contributed by atoms with Crippen molar-refractivity contribution < 1.29 is 12.8 Å². The van der Waals surface area contributed by atoms with Gasteiger partial charge < -0.3 is 15.1 Å². The maximum Gasteiger partial charge on any atom is 0.211 e. The standard InChI is InChI=1S/C12H22N4O3S/c1-3-13-12(15-10-11-6-5-9-19-11)14-7-8-16-20(17,18)4-2/h5-6,9,16H,3-4,7-8,10H2,1-2H3,(H2,13,14,15). The van der Waals surface area contributed by atoms with Gasteiger partial charge in [-0.1, -0.05) is 0 Å². The van der Waals surface area contributed by atoms with Crippen LogP contribution in [0.4, 0.5) is 0 Å². The van der Waals surface area contributed by atoms with Crippen molar-refractivity contribution in [2.45, 2.75) is 20.4 Å². The maximum absolute atomic E-state index is 11.3. The molecular weight excluding hydrogens is 280 g/mol. The summed E-state index contributed by atoms with van der Waals surface area (Å²) in [5, 5.41) is 6.13. The molecule has 20 heavy (non-hydrogen) atoms.